The van der Waals surface area contributed by atoms with Crippen LogP contribution in [0, 0.1) is 13.8 Å². The maximum atomic E-state index is 12.4. The van der Waals surface area contributed by atoms with Gasteiger partial charge in [0, 0.05) is 37.8 Å². The Morgan fingerprint density at radius 3 is 2.46 bits per heavy atom. The molecule has 1 aliphatic rings. The molecule has 2 heterocycles. The van der Waals surface area contributed by atoms with Gasteiger partial charge in [-0.05, 0) is 43.5 Å². The maximum Gasteiger partial charge on any atom is 0.251 e. The molecule has 0 fully saturated rings. The Bertz CT molecular complexity index is 957. The summed E-state index contributed by atoms with van der Waals surface area (Å²) in [6.07, 6.45) is 1.10. The van der Waals surface area contributed by atoms with Gasteiger partial charge >= 0.3 is 0 Å². The molecule has 4 rings (SSSR count). The highest BCUT2D eigenvalue weighted by Crippen LogP contribution is 2.23. The summed E-state index contributed by atoms with van der Waals surface area (Å²) >= 11 is 0. The van der Waals surface area contributed by atoms with E-state index in [0.717, 1.165) is 37.3 Å². The molecule has 0 unspecified atom stereocenters. The van der Waals surface area contributed by atoms with Crippen LogP contribution in [0.25, 0.3) is 0 Å². The summed E-state index contributed by atoms with van der Waals surface area (Å²) in [7, 11) is 0. The number of fused-ring (bicyclic) bond motifs is 1. The summed E-state index contributed by atoms with van der Waals surface area (Å²) in [5, 5.41) is 7.54. The van der Waals surface area contributed by atoms with Gasteiger partial charge in [-0.3, -0.25) is 4.79 Å². The Morgan fingerprint density at radius 1 is 1.00 bits per heavy atom. The first-order valence-corrected chi connectivity index (χ1v) is 9.80. The van der Waals surface area contributed by atoms with Crippen LogP contribution in [-0.4, -0.2) is 22.2 Å². The van der Waals surface area contributed by atoms with Crippen LogP contribution in [0.2, 0.25) is 0 Å². The number of anilines is 1. The largest absolute Gasteiger partial charge is 0.352 e. The van der Waals surface area contributed by atoms with Crippen LogP contribution in [0.5, 0.6) is 0 Å². The van der Waals surface area contributed by atoms with Gasteiger partial charge in [0.05, 0.1) is 5.69 Å². The lowest BCUT2D eigenvalue weighted by Gasteiger charge is -2.29. The molecule has 3 aromatic rings. The Morgan fingerprint density at radius 2 is 1.71 bits per heavy atom. The van der Waals surface area contributed by atoms with Crippen molar-refractivity contribution in [1.82, 2.24) is 15.1 Å². The molecule has 1 N–H and O–H groups in total. The van der Waals surface area contributed by atoms with Gasteiger partial charge in [0.25, 0.3) is 5.91 Å². The minimum Gasteiger partial charge on any atom is -0.352 e. The molecule has 0 saturated carbocycles. The summed E-state index contributed by atoms with van der Waals surface area (Å²) in [6, 6.07) is 18.3. The molecular weight excluding hydrogens is 348 g/mol. The highest BCUT2D eigenvalue weighted by molar-refractivity contribution is 5.94. The lowest BCUT2D eigenvalue weighted by atomic mass is 10.1. The normalized spacial score (nSPS) is 13.3. The van der Waals surface area contributed by atoms with E-state index in [0.29, 0.717) is 12.1 Å². The van der Waals surface area contributed by atoms with Crippen LogP contribution in [0.1, 0.15) is 39.2 Å². The van der Waals surface area contributed by atoms with Gasteiger partial charge in [-0.15, -0.1) is 0 Å². The number of hydrogen-bond acceptors (Lipinski definition) is 3. The highest BCUT2D eigenvalue weighted by atomic mass is 16.1. The molecular formula is C23H26N4O. The smallest absolute Gasteiger partial charge is 0.251 e. The molecule has 0 bridgehead atoms. The van der Waals surface area contributed by atoms with E-state index in [1.807, 2.05) is 43.3 Å². The van der Waals surface area contributed by atoms with Gasteiger partial charge in [-0.1, -0.05) is 42.0 Å². The first-order chi connectivity index (χ1) is 13.6. The van der Waals surface area contributed by atoms with E-state index in [9.17, 15) is 4.79 Å². The van der Waals surface area contributed by atoms with Crippen molar-refractivity contribution in [1.29, 1.82) is 0 Å². The highest BCUT2D eigenvalue weighted by Gasteiger charge is 2.18. The van der Waals surface area contributed by atoms with Gasteiger partial charge in [-0.2, -0.15) is 5.10 Å². The maximum absolute atomic E-state index is 12.4. The molecule has 28 heavy (non-hydrogen) atoms. The van der Waals surface area contributed by atoms with Crippen molar-refractivity contribution >= 4 is 11.7 Å². The topological polar surface area (TPSA) is 50.2 Å². The second kappa shape index (κ2) is 7.89. The van der Waals surface area contributed by atoms with E-state index in [4.69, 9.17) is 0 Å². The van der Waals surface area contributed by atoms with Crippen molar-refractivity contribution in [3.63, 3.8) is 0 Å². The third-order valence-electron chi connectivity index (χ3n) is 5.17. The summed E-state index contributed by atoms with van der Waals surface area (Å²) < 4.78 is 2.09. The van der Waals surface area contributed by atoms with Gasteiger partial charge in [0.2, 0.25) is 0 Å². The Balaban J connectivity index is 1.37. The van der Waals surface area contributed by atoms with Crippen molar-refractivity contribution < 1.29 is 4.79 Å². The number of nitrogens with one attached hydrogen (secondary N) is 1. The number of amides is 1. The summed E-state index contributed by atoms with van der Waals surface area (Å²) in [5.41, 5.74) is 5.27. The van der Waals surface area contributed by atoms with E-state index in [-0.39, 0.29) is 5.91 Å². The Kier molecular flexibility index (Phi) is 5.15. The number of rotatable bonds is 5. The molecule has 0 radical (unpaired) electrons. The Hall–Kier alpha value is -3.08. The molecule has 0 spiro atoms. The molecule has 144 valence electrons. The number of carbonyl (C=O) groups excluding carboxylic acids is 1. The zero-order valence-electron chi connectivity index (χ0n) is 16.5. The third-order valence-corrected chi connectivity index (χ3v) is 5.17. The van der Waals surface area contributed by atoms with Crippen LogP contribution in [-0.2, 0) is 19.6 Å². The van der Waals surface area contributed by atoms with Crippen molar-refractivity contribution in [2.24, 2.45) is 0 Å². The van der Waals surface area contributed by atoms with Crippen LogP contribution >= 0.6 is 0 Å². The fraction of sp³-hybridized carbons (Fsp3) is 0.304. The van der Waals surface area contributed by atoms with E-state index < -0.39 is 0 Å². The minimum atomic E-state index is -0.0428. The van der Waals surface area contributed by atoms with Gasteiger partial charge in [-0.25, -0.2) is 4.68 Å². The van der Waals surface area contributed by atoms with Crippen LogP contribution in [0.3, 0.4) is 0 Å². The fourth-order valence-corrected chi connectivity index (χ4v) is 3.61. The summed E-state index contributed by atoms with van der Waals surface area (Å²) in [6.45, 7) is 7.48. The molecule has 0 atom stereocenters. The van der Waals surface area contributed by atoms with Crippen LogP contribution in [0.15, 0.2) is 54.6 Å². The van der Waals surface area contributed by atoms with E-state index in [1.54, 1.807) is 0 Å². The van der Waals surface area contributed by atoms with Gasteiger partial charge < -0.3 is 10.2 Å². The van der Waals surface area contributed by atoms with Crippen LogP contribution in [0.4, 0.5) is 5.82 Å². The van der Waals surface area contributed by atoms with Crippen LogP contribution < -0.4 is 10.2 Å². The lowest BCUT2D eigenvalue weighted by Crippen LogP contribution is -2.31. The summed E-state index contributed by atoms with van der Waals surface area (Å²) in [5.74, 6) is 1.14. The predicted molar refractivity (Wildman–Crippen MR) is 111 cm³/mol. The molecule has 1 aromatic heterocycles. The summed E-state index contributed by atoms with van der Waals surface area (Å²) in [4.78, 5) is 14.8. The fourth-order valence-electron chi connectivity index (χ4n) is 3.61. The number of hydrogen-bond donors (Lipinski definition) is 1. The number of aromatic nitrogens is 2. The molecule has 1 aliphatic heterocycles. The number of nitrogens with zero attached hydrogens (tertiary/aromatic N) is 3. The van der Waals surface area contributed by atoms with Crippen molar-refractivity contribution in [3.05, 3.63) is 82.5 Å². The zero-order chi connectivity index (χ0) is 19.5. The monoisotopic (exact) mass is 374 g/mol. The van der Waals surface area contributed by atoms with Gasteiger partial charge in [0.1, 0.15) is 5.82 Å². The van der Waals surface area contributed by atoms with E-state index in [1.165, 1.54) is 16.9 Å². The number of benzene rings is 2. The first-order valence-electron chi connectivity index (χ1n) is 9.80. The lowest BCUT2D eigenvalue weighted by molar-refractivity contribution is 0.0951. The van der Waals surface area contributed by atoms with Crippen molar-refractivity contribution in [3.8, 4) is 0 Å². The molecule has 5 nitrogen and oxygen atoms in total. The Labute approximate surface area is 166 Å². The van der Waals surface area contributed by atoms with Crippen molar-refractivity contribution in [2.75, 3.05) is 11.4 Å². The average Bonchev–Trinajstić information content (AvgIpc) is 3.09. The quantitative estimate of drug-likeness (QED) is 0.738. The predicted octanol–water partition coefficient (Wildman–Crippen LogP) is 3.84. The third kappa shape index (κ3) is 4.09. The SMILES string of the molecule is Cc1ccc(CNC(=O)c2ccc(CN3CCCn4nc(C)cc43)cc2)cc1. The second-order valence-corrected chi connectivity index (χ2v) is 7.51. The average molecular weight is 374 g/mol. The standard InChI is InChI=1S/C23H26N4O/c1-17-4-6-19(7-5-17)15-24-23(28)21-10-8-20(9-11-21)16-26-12-3-13-27-22(26)14-18(2)25-27/h4-11,14H,3,12-13,15-16H2,1-2H3,(H,24,28). The molecule has 5 heteroatoms. The second-order valence-electron chi connectivity index (χ2n) is 7.51. The number of carbonyl (C=O) groups is 1. The molecule has 2 aromatic carbocycles. The van der Waals surface area contributed by atoms with Crippen molar-refractivity contribution in [2.45, 2.75) is 39.9 Å². The zero-order valence-corrected chi connectivity index (χ0v) is 16.5. The van der Waals surface area contributed by atoms with E-state index >= 15 is 0 Å². The molecule has 0 aliphatic carbocycles. The number of aryl methyl sites for hydroxylation is 3. The molecule has 0 saturated heterocycles. The first kappa shape index (κ1) is 18.3. The minimum absolute atomic E-state index is 0.0428. The van der Waals surface area contributed by atoms with Gasteiger partial charge in [0.15, 0.2) is 0 Å². The molecule has 1 amide bonds. The van der Waals surface area contributed by atoms with E-state index in [2.05, 4.69) is 45.1 Å².